The van der Waals surface area contributed by atoms with Gasteiger partial charge >= 0.3 is 0 Å². The van der Waals surface area contributed by atoms with Crippen molar-refractivity contribution in [1.82, 2.24) is 14.9 Å². The van der Waals surface area contributed by atoms with Gasteiger partial charge in [0.15, 0.2) is 5.16 Å². The largest absolute Gasteiger partial charge is 0.355 e. The van der Waals surface area contributed by atoms with E-state index in [1.165, 1.54) is 30.2 Å². The van der Waals surface area contributed by atoms with Crippen LogP contribution in [-0.4, -0.2) is 27.3 Å². The van der Waals surface area contributed by atoms with Crippen LogP contribution < -0.4 is 10.9 Å². The number of allylic oxidation sites excluding steroid dienone is 1. The second-order valence-corrected chi connectivity index (χ2v) is 10.5. The number of carbonyl (C=O) groups is 1. The molecule has 5 nitrogen and oxygen atoms in total. The summed E-state index contributed by atoms with van der Waals surface area (Å²) in [4.78, 5) is 32.4. The normalized spacial score (nSPS) is 15.6. The van der Waals surface area contributed by atoms with Crippen molar-refractivity contribution in [2.24, 2.45) is 0 Å². The molecule has 1 amide bonds. The summed E-state index contributed by atoms with van der Waals surface area (Å²) in [6.45, 7) is 10.5. The molecule has 1 aliphatic rings. The average Bonchev–Trinajstić information content (AvgIpc) is 2.96. The summed E-state index contributed by atoms with van der Waals surface area (Å²) in [5.74, 6) is -0.00500. The van der Waals surface area contributed by atoms with Crippen LogP contribution in [0.4, 0.5) is 0 Å². The van der Waals surface area contributed by atoms with Crippen molar-refractivity contribution < 1.29 is 4.79 Å². The Bertz CT molecular complexity index is 988. The number of thioether (sulfide) groups is 1. The highest BCUT2D eigenvalue weighted by Crippen LogP contribution is 2.31. The maximum absolute atomic E-state index is 13.1. The van der Waals surface area contributed by atoms with Crippen molar-refractivity contribution >= 4 is 39.2 Å². The molecule has 0 saturated heterocycles. The van der Waals surface area contributed by atoms with Crippen LogP contribution >= 0.6 is 23.1 Å². The highest BCUT2D eigenvalue weighted by Gasteiger charge is 2.22. The first-order valence-electron chi connectivity index (χ1n) is 10.4. The molecular weight excluding hydrogens is 402 g/mol. The third kappa shape index (κ3) is 4.94. The zero-order chi connectivity index (χ0) is 21.1. The Morgan fingerprint density at radius 3 is 2.72 bits per heavy atom. The maximum atomic E-state index is 13.1. The van der Waals surface area contributed by atoms with Crippen molar-refractivity contribution in [1.29, 1.82) is 0 Å². The van der Waals surface area contributed by atoms with Gasteiger partial charge in [0.05, 0.1) is 10.6 Å². The first-order chi connectivity index (χ1) is 13.8. The van der Waals surface area contributed by atoms with E-state index in [0.29, 0.717) is 17.1 Å². The van der Waals surface area contributed by atoms with E-state index >= 15 is 0 Å². The van der Waals surface area contributed by atoms with Gasteiger partial charge in [0.2, 0.25) is 5.91 Å². The Labute approximate surface area is 181 Å². The molecule has 7 heteroatoms. The fourth-order valence-corrected chi connectivity index (χ4v) is 5.79. The van der Waals surface area contributed by atoms with E-state index in [1.54, 1.807) is 15.9 Å². The molecule has 2 aromatic rings. The van der Waals surface area contributed by atoms with Crippen molar-refractivity contribution in [3.05, 3.63) is 32.4 Å². The molecule has 0 fully saturated rings. The molecule has 1 atom stereocenters. The Morgan fingerprint density at radius 2 is 2.07 bits per heavy atom. The van der Waals surface area contributed by atoms with E-state index in [9.17, 15) is 9.59 Å². The lowest BCUT2D eigenvalue weighted by atomic mass is 9.97. The van der Waals surface area contributed by atoms with Crippen LogP contribution in [0.2, 0.25) is 0 Å². The average molecular weight is 434 g/mol. The van der Waals surface area contributed by atoms with E-state index in [-0.39, 0.29) is 22.8 Å². The molecule has 0 aliphatic heterocycles. The highest BCUT2D eigenvalue weighted by molar-refractivity contribution is 8.00. The summed E-state index contributed by atoms with van der Waals surface area (Å²) in [5.41, 5.74) is 2.46. The van der Waals surface area contributed by atoms with Crippen molar-refractivity contribution in [3.63, 3.8) is 0 Å². The van der Waals surface area contributed by atoms with Crippen LogP contribution in [0.25, 0.3) is 10.2 Å². The van der Waals surface area contributed by atoms with Gasteiger partial charge in [-0.05, 0) is 72.3 Å². The van der Waals surface area contributed by atoms with Crippen LogP contribution in [0, 0.1) is 13.8 Å². The quantitative estimate of drug-likeness (QED) is 0.373. The van der Waals surface area contributed by atoms with Gasteiger partial charge in [-0.25, -0.2) is 4.98 Å². The summed E-state index contributed by atoms with van der Waals surface area (Å²) in [6.07, 6.45) is 8.11. The zero-order valence-electron chi connectivity index (χ0n) is 18.0. The molecule has 0 aromatic carbocycles. The monoisotopic (exact) mass is 433 g/mol. The Hall–Kier alpha value is -1.60. The van der Waals surface area contributed by atoms with Crippen LogP contribution in [0.15, 0.2) is 21.6 Å². The number of hydrogen-bond acceptors (Lipinski definition) is 5. The number of amides is 1. The third-order valence-corrected chi connectivity index (χ3v) is 7.67. The molecule has 2 heterocycles. The van der Waals surface area contributed by atoms with E-state index in [2.05, 4.69) is 11.4 Å². The fourth-order valence-electron chi connectivity index (χ4n) is 3.66. The number of thiophene rings is 1. The van der Waals surface area contributed by atoms with Gasteiger partial charge in [-0.15, -0.1) is 11.3 Å². The van der Waals surface area contributed by atoms with Crippen LogP contribution in [0.3, 0.4) is 0 Å². The minimum absolute atomic E-state index is 0.00500. The van der Waals surface area contributed by atoms with Crippen LogP contribution in [0.5, 0.6) is 0 Å². The first kappa shape index (κ1) is 22.1. The predicted molar refractivity (Wildman–Crippen MR) is 123 cm³/mol. The number of aromatic nitrogens is 2. The maximum Gasteiger partial charge on any atom is 0.263 e. The predicted octanol–water partition coefficient (Wildman–Crippen LogP) is 5.14. The number of hydrogen-bond donors (Lipinski definition) is 1. The molecule has 0 radical (unpaired) electrons. The fraction of sp³-hybridized carbons (Fsp3) is 0.591. The number of nitrogens with one attached hydrogen (secondary N) is 1. The molecule has 1 N–H and O–H groups in total. The van der Waals surface area contributed by atoms with Crippen molar-refractivity contribution in [2.45, 2.75) is 83.2 Å². The minimum Gasteiger partial charge on any atom is -0.355 e. The summed E-state index contributed by atoms with van der Waals surface area (Å²) < 4.78 is 1.72. The molecule has 1 unspecified atom stereocenters. The molecule has 158 valence electrons. The third-order valence-electron chi connectivity index (χ3n) is 5.50. The van der Waals surface area contributed by atoms with Crippen LogP contribution in [-0.2, 0) is 4.79 Å². The number of aryl methyl sites for hydroxylation is 2. The number of rotatable bonds is 7. The number of nitrogens with zero attached hydrogens (tertiary/aromatic N) is 2. The SMILES string of the molecule is Cc1sc2nc(SC(C)C(=O)NCCC3=CCCCC3)n(C(C)C)c(=O)c2c1C. The van der Waals surface area contributed by atoms with Gasteiger partial charge in [0, 0.05) is 17.5 Å². The Kier molecular flexibility index (Phi) is 7.22. The molecule has 3 rings (SSSR count). The minimum atomic E-state index is -0.313. The summed E-state index contributed by atoms with van der Waals surface area (Å²) >= 11 is 2.92. The van der Waals surface area contributed by atoms with Gasteiger partial charge in [0.1, 0.15) is 4.83 Å². The van der Waals surface area contributed by atoms with Gasteiger partial charge < -0.3 is 5.32 Å². The van der Waals surface area contributed by atoms with E-state index in [1.807, 2.05) is 34.6 Å². The van der Waals surface area contributed by atoms with Crippen molar-refractivity contribution in [2.75, 3.05) is 6.54 Å². The number of fused-ring (bicyclic) bond motifs is 1. The first-order valence-corrected chi connectivity index (χ1v) is 12.1. The van der Waals surface area contributed by atoms with Crippen LogP contribution in [0.1, 0.15) is 69.4 Å². The summed E-state index contributed by atoms with van der Waals surface area (Å²) in [6, 6.07) is -0.0185. The Balaban J connectivity index is 1.74. The molecule has 2 aromatic heterocycles. The second-order valence-electron chi connectivity index (χ2n) is 8.04. The molecular formula is C22H31N3O2S2. The smallest absolute Gasteiger partial charge is 0.263 e. The summed E-state index contributed by atoms with van der Waals surface area (Å²) in [5, 5.41) is 4.07. The lowest BCUT2D eigenvalue weighted by Gasteiger charge is -2.18. The summed E-state index contributed by atoms with van der Waals surface area (Å²) in [7, 11) is 0. The van der Waals surface area contributed by atoms with Gasteiger partial charge in [-0.1, -0.05) is 23.4 Å². The zero-order valence-corrected chi connectivity index (χ0v) is 19.6. The highest BCUT2D eigenvalue weighted by atomic mass is 32.2. The van der Waals surface area contributed by atoms with Crippen molar-refractivity contribution in [3.8, 4) is 0 Å². The molecule has 29 heavy (non-hydrogen) atoms. The topological polar surface area (TPSA) is 64.0 Å². The molecule has 0 bridgehead atoms. The van der Waals surface area contributed by atoms with E-state index in [4.69, 9.17) is 4.98 Å². The van der Waals surface area contributed by atoms with E-state index < -0.39 is 0 Å². The lowest BCUT2D eigenvalue weighted by Crippen LogP contribution is -2.33. The van der Waals surface area contributed by atoms with E-state index in [0.717, 1.165) is 34.5 Å². The van der Waals surface area contributed by atoms with Gasteiger partial charge in [0.25, 0.3) is 5.56 Å². The lowest BCUT2D eigenvalue weighted by molar-refractivity contribution is -0.120. The van der Waals surface area contributed by atoms with Gasteiger partial charge in [-0.2, -0.15) is 0 Å². The Morgan fingerprint density at radius 1 is 1.31 bits per heavy atom. The number of carbonyl (C=O) groups excluding carboxylic acids is 1. The molecule has 0 saturated carbocycles. The molecule has 0 spiro atoms. The van der Waals surface area contributed by atoms with Gasteiger partial charge in [-0.3, -0.25) is 14.2 Å². The second kappa shape index (κ2) is 9.47. The standard InChI is InChI=1S/C22H31N3O2S2/c1-13(2)25-21(27)18-14(3)15(4)28-20(18)24-22(25)29-16(5)19(26)23-12-11-17-9-7-6-8-10-17/h9,13,16H,6-8,10-12H2,1-5H3,(H,23,26). The molecule has 1 aliphatic carbocycles.